The number of carbonyl (C=O) groups is 2. The number of piperazine rings is 1. The van der Waals surface area contributed by atoms with Gasteiger partial charge in [-0.2, -0.15) is 0 Å². The third-order valence-electron chi connectivity index (χ3n) is 5.15. The largest absolute Gasteiger partial charge is 0.487 e. The molecule has 0 aliphatic carbocycles. The van der Waals surface area contributed by atoms with Crippen LogP contribution < -0.4 is 4.74 Å². The van der Waals surface area contributed by atoms with Crippen LogP contribution in [-0.4, -0.2) is 52.8 Å². The third kappa shape index (κ3) is 4.94. The highest BCUT2D eigenvalue weighted by Gasteiger charge is 2.26. The highest BCUT2D eigenvalue weighted by molar-refractivity contribution is 7.09. The van der Waals surface area contributed by atoms with Gasteiger partial charge in [0.1, 0.15) is 12.4 Å². The summed E-state index contributed by atoms with van der Waals surface area (Å²) in [6.45, 7) is 3.56. The van der Waals surface area contributed by atoms with Crippen LogP contribution in [0, 0.1) is 18.6 Å². The first-order valence-corrected chi connectivity index (χ1v) is 11.0. The molecule has 6 nitrogen and oxygen atoms in total. The Bertz CT molecular complexity index is 1140. The van der Waals surface area contributed by atoms with Crippen molar-refractivity contribution in [1.29, 1.82) is 0 Å². The van der Waals surface area contributed by atoms with Crippen LogP contribution in [0.25, 0.3) is 0 Å². The standard InChI is InChI=1S/C23H21F2N3O3S/c1-15-26-18(14-32-15)13-31-19-4-2-3-16(11-19)22(29)27-7-9-28(10-8-27)23(30)17-5-6-20(24)21(25)12-17/h2-6,11-12,14H,7-10,13H2,1H3. The molecule has 0 bridgehead atoms. The number of hydrogen-bond donors (Lipinski definition) is 0. The predicted octanol–water partition coefficient (Wildman–Crippen LogP) is 3.91. The van der Waals surface area contributed by atoms with E-state index in [1.165, 1.54) is 11.0 Å². The Morgan fingerprint density at radius 1 is 0.969 bits per heavy atom. The minimum Gasteiger partial charge on any atom is -0.487 e. The summed E-state index contributed by atoms with van der Waals surface area (Å²) in [7, 11) is 0. The van der Waals surface area contributed by atoms with E-state index in [0.717, 1.165) is 22.8 Å². The van der Waals surface area contributed by atoms with Gasteiger partial charge in [0.05, 0.1) is 10.7 Å². The summed E-state index contributed by atoms with van der Waals surface area (Å²) in [5.41, 5.74) is 1.42. The number of rotatable bonds is 5. The second-order valence-corrected chi connectivity index (χ2v) is 8.45. The molecule has 1 fully saturated rings. The van der Waals surface area contributed by atoms with Crippen LogP contribution in [0.4, 0.5) is 8.78 Å². The molecule has 2 heterocycles. The SMILES string of the molecule is Cc1nc(COc2cccc(C(=O)N3CCN(C(=O)c4ccc(F)c(F)c4)CC3)c2)cs1. The van der Waals surface area contributed by atoms with Crippen LogP contribution >= 0.6 is 11.3 Å². The Morgan fingerprint density at radius 3 is 2.22 bits per heavy atom. The molecule has 9 heteroatoms. The van der Waals surface area contributed by atoms with Crippen LogP contribution in [0.1, 0.15) is 31.4 Å². The number of aromatic nitrogens is 1. The van der Waals surface area contributed by atoms with Crippen molar-refractivity contribution in [2.45, 2.75) is 13.5 Å². The van der Waals surface area contributed by atoms with Crippen molar-refractivity contribution < 1.29 is 23.1 Å². The minimum absolute atomic E-state index is 0.0869. The predicted molar refractivity (Wildman–Crippen MR) is 116 cm³/mol. The molecule has 0 radical (unpaired) electrons. The zero-order valence-electron chi connectivity index (χ0n) is 17.4. The Hall–Kier alpha value is -3.33. The van der Waals surface area contributed by atoms with Crippen LogP contribution in [-0.2, 0) is 6.61 Å². The number of benzene rings is 2. The average Bonchev–Trinajstić information content (AvgIpc) is 3.24. The van der Waals surface area contributed by atoms with Crippen LogP contribution in [0.3, 0.4) is 0 Å². The van der Waals surface area contributed by atoms with E-state index in [2.05, 4.69) is 4.98 Å². The first-order chi connectivity index (χ1) is 15.4. The lowest BCUT2D eigenvalue weighted by molar-refractivity contribution is 0.0535. The van der Waals surface area contributed by atoms with E-state index in [1.807, 2.05) is 12.3 Å². The van der Waals surface area contributed by atoms with Gasteiger partial charge in [-0.1, -0.05) is 6.07 Å². The van der Waals surface area contributed by atoms with Crippen LogP contribution in [0.5, 0.6) is 5.75 Å². The van der Waals surface area contributed by atoms with Crippen molar-refractivity contribution >= 4 is 23.2 Å². The lowest BCUT2D eigenvalue weighted by Gasteiger charge is -2.35. The summed E-state index contributed by atoms with van der Waals surface area (Å²) < 4.78 is 32.3. The number of aryl methyl sites for hydroxylation is 1. The molecule has 0 N–H and O–H groups in total. The van der Waals surface area contributed by atoms with Gasteiger partial charge in [-0.3, -0.25) is 9.59 Å². The van der Waals surface area contributed by atoms with Crippen molar-refractivity contribution in [2.24, 2.45) is 0 Å². The van der Waals surface area contributed by atoms with E-state index in [4.69, 9.17) is 4.74 Å². The molecule has 2 amide bonds. The quantitative estimate of drug-likeness (QED) is 0.583. The Kier molecular flexibility index (Phi) is 6.45. The number of hydrogen-bond acceptors (Lipinski definition) is 5. The molecule has 3 aromatic rings. The summed E-state index contributed by atoms with van der Waals surface area (Å²) in [6, 6.07) is 10.1. The number of amides is 2. The Labute approximate surface area is 188 Å². The number of halogens is 2. The van der Waals surface area contributed by atoms with E-state index < -0.39 is 11.6 Å². The maximum absolute atomic E-state index is 13.4. The molecule has 0 spiro atoms. The highest BCUT2D eigenvalue weighted by atomic mass is 32.1. The van der Waals surface area contributed by atoms with Gasteiger partial charge in [0.2, 0.25) is 0 Å². The minimum atomic E-state index is -1.06. The molecule has 32 heavy (non-hydrogen) atoms. The molecule has 4 rings (SSSR count). The summed E-state index contributed by atoms with van der Waals surface area (Å²) in [5, 5.41) is 2.90. The van der Waals surface area contributed by atoms with Gasteiger partial charge in [0.25, 0.3) is 11.8 Å². The smallest absolute Gasteiger partial charge is 0.254 e. The van der Waals surface area contributed by atoms with Gasteiger partial charge in [-0.15, -0.1) is 11.3 Å². The first-order valence-electron chi connectivity index (χ1n) is 10.1. The van der Waals surface area contributed by atoms with Crippen molar-refractivity contribution in [3.63, 3.8) is 0 Å². The van der Waals surface area contributed by atoms with Crippen LogP contribution in [0.2, 0.25) is 0 Å². The Balaban J connectivity index is 1.34. The zero-order chi connectivity index (χ0) is 22.7. The summed E-state index contributed by atoms with van der Waals surface area (Å²) in [5.74, 6) is -2.02. The van der Waals surface area contributed by atoms with E-state index in [1.54, 1.807) is 40.5 Å². The highest BCUT2D eigenvalue weighted by Crippen LogP contribution is 2.19. The van der Waals surface area contributed by atoms with Crippen molar-refractivity contribution in [1.82, 2.24) is 14.8 Å². The average molecular weight is 458 g/mol. The molecule has 1 aromatic heterocycles. The normalized spacial score (nSPS) is 13.8. The molecule has 166 valence electrons. The number of ether oxygens (including phenoxy) is 1. The van der Waals surface area contributed by atoms with Crippen molar-refractivity contribution in [3.05, 3.63) is 81.3 Å². The molecular formula is C23H21F2N3O3S. The fourth-order valence-electron chi connectivity index (χ4n) is 3.46. The van der Waals surface area contributed by atoms with Crippen LogP contribution in [0.15, 0.2) is 47.8 Å². The number of thiazole rings is 1. The number of nitrogens with zero attached hydrogens (tertiary/aromatic N) is 3. The van der Waals surface area contributed by atoms with E-state index in [0.29, 0.717) is 44.1 Å². The maximum atomic E-state index is 13.4. The summed E-state index contributed by atoms with van der Waals surface area (Å²) in [4.78, 5) is 33.0. The van der Waals surface area contributed by atoms with Gasteiger partial charge < -0.3 is 14.5 Å². The molecular weight excluding hydrogens is 436 g/mol. The Morgan fingerprint density at radius 2 is 1.62 bits per heavy atom. The van der Waals surface area contributed by atoms with E-state index in [9.17, 15) is 18.4 Å². The topological polar surface area (TPSA) is 62.7 Å². The monoisotopic (exact) mass is 457 g/mol. The third-order valence-corrected chi connectivity index (χ3v) is 5.98. The van der Waals surface area contributed by atoms with Crippen molar-refractivity contribution in [3.8, 4) is 5.75 Å². The van der Waals surface area contributed by atoms with Gasteiger partial charge in [0.15, 0.2) is 11.6 Å². The van der Waals surface area contributed by atoms with Gasteiger partial charge in [-0.25, -0.2) is 13.8 Å². The fraction of sp³-hybridized carbons (Fsp3) is 0.261. The first kappa shape index (κ1) is 21.9. The second kappa shape index (κ2) is 9.44. The molecule has 1 saturated heterocycles. The van der Waals surface area contributed by atoms with E-state index >= 15 is 0 Å². The van der Waals surface area contributed by atoms with E-state index in [-0.39, 0.29) is 17.4 Å². The molecule has 1 aliphatic rings. The van der Waals surface area contributed by atoms with Gasteiger partial charge in [0, 0.05) is 42.7 Å². The molecule has 0 atom stereocenters. The lowest BCUT2D eigenvalue weighted by Crippen LogP contribution is -2.50. The summed E-state index contributed by atoms with van der Waals surface area (Å²) in [6.07, 6.45) is 0. The van der Waals surface area contributed by atoms with Gasteiger partial charge in [-0.05, 0) is 43.3 Å². The van der Waals surface area contributed by atoms with Gasteiger partial charge >= 0.3 is 0 Å². The number of carbonyl (C=O) groups excluding carboxylic acids is 2. The molecule has 0 saturated carbocycles. The summed E-state index contributed by atoms with van der Waals surface area (Å²) >= 11 is 1.55. The molecule has 0 unspecified atom stereocenters. The zero-order valence-corrected chi connectivity index (χ0v) is 18.2. The lowest BCUT2D eigenvalue weighted by atomic mass is 10.1. The molecule has 2 aromatic carbocycles. The maximum Gasteiger partial charge on any atom is 0.254 e. The second-order valence-electron chi connectivity index (χ2n) is 7.39. The molecule has 1 aliphatic heterocycles. The van der Waals surface area contributed by atoms with Crippen molar-refractivity contribution in [2.75, 3.05) is 26.2 Å². The fourth-order valence-corrected chi connectivity index (χ4v) is 4.05.